The third kappa shape index (κ3) is 7.19. The standard InChI is InChI=1S/C50H62N2/c1-13-47(5,6)39-27-37-29-43(51-45(37)41(31-39)49(9,10)15-3)35-23-19-33(20-24-35)17-18-34-21-25-36(26-22-34)44-30-38-28-40(48(7,8)14-2)32-42(46(38)52-44)50(11,12)16-4/h17-32,51-52H,13-16H2,1-12H3. The van der Waals surface area contributed by atoms with Gasteiger partial charge < -0.3 is 9.97 Å². The summed E-state index contributed by atoms with van der Waals surface area (Å²) >= 11 is 0. The topological polar surface area (TPSA) is 31.6 Å². The fraction of sp³-hybridized carbons (Fsp3) is 0.400. The van der Waals surface area contributed by atoms with Crippen molar-refractivity contribution in [1.29, 1.82) is 0 Å². The lowest BCUT2D eigenvalue weighted by atomic mass is 9.76. The molecule has 6 rings (SSSR count). The summed E-state index contributed by atoms with van der Waals surface area (Å²) in [5.74, 6) is 0. The fourth-order valence-corrected chi connectivity index (χ4v) is 7.18. The number of H-pyrrole nitrogens is 2. The number of aromatic amines is 2. The van der Waals surface area contributed by atoms with Crippen LogP contribution in [0, 0.1) is 0 Å². The average molecular weight is 691 g/mol. The molecule has 0 aliphatic rings. The van der Waals surface area contributed by atoms with Gasteiger partial charge in [-0.05, 0) is 116 Å². The molecule has 0 fully saturated rings. The van der Waals surface area contributed by atoms with Crippen molar-refractivity contribution in [3.63, 3.8) is 0 Å². The molecule has 4 aromatic carbocycles. The van der Waals surface area contributed by atoms with Gasteiger partial charge in [-0.2, -0.15) is 0 Å². The molecule has 0 spiro atoms. The first-order valence-corrected chi connectivity index (χ1v) is 19.8. The van der Waals surface area contributed by atoms with Gasteiger partial charge in [-0.1, -0.05) is 156 Å². The number of benzene rings is 4. The van der Waals surface area contributed by atoms with E-state index in [4.69, 9.17) is 0 Å². The summed E-state index contributed by atoms with van der Waals surface area (Å²) in [6, 6.07) is 32.3. The summed E-state index contributed by atoms with van der Waals surface area (Å²) in [5, 5.41) is 2.61. The molecule has 272 valence electrons. The Bertz CT molecular complexity index is 2050. The number of aromatic nitrogens is 2. The van der Waals surface area contributed by atoms with Crippen molar-refractivity contribution >= 4 is 34.0 Å². The summed E-state index contributed by atoms with van der Waals surface area (Å²) in [5.41, 5.74) is 15.8. The first-order chi connectivity index (χ1) is 24.5. The number of fused-ring (bicyclic) bond motifs is 2. The predicted octanol–water partition coefficient (Wildman–Crippen LogP) is 14.9. The minimum Gasteiger partial charge on any atom is -0.354 e. The van der Waals surface area contributed by atoms with Gasteiger partial charge in [0.25, 0.3) is 0 Å². The Morgan fingerprint density at radius 1 is 0.423 bits per heavy atom. The first kappa shape index (κ1) is 37.5. The van der Waals surface area contributed by atoms with Crippen molar-refractivity contribution in [2.24, 2.45) is 0 Å². The van der Waals surface area contributed by atoms with E-state index in [-0.39, 0.29) is 21.7 Å². The molecule has 2 nitrogen and oxygen atoms in total. The number of hydrogen-bond donors (Lipinski definition) is 2. The highest BCUT2D eigenvalue weighted by Gasteiger charge is 2.28. The van der Waals surface area contributed by atoms with Gasteiger partial charge in [0.2, 0.25) is 0 Å². The van der Waals surface area contributed by atoms with Crippen LogP contribution in [0.5, 0.6) is 0 Å². The molecule has 0 radical (unpaired) electrons. The van der Waals surface area contributed by atoms with Crippen molar-refractivity contribution in [1.82, 2.24) is 9.97 Å². The molecular weight excluding hydrogens is 629 g/mol. The highest BCUT2D eigenvalue weighted by atomic mass is 14.7. The van der Waals surface area contributed by atoms with Gasteiger partial charge >= 0.3 is 0 Å². The summed E-state index contributed by atoms with van der Waals surface area (Å²) < 4.78 is 0. The average Bonchev–Trinajstić information content (AvgIpc) is 3.78. The Hall–Kier alpha value is -4.30. The monoisotopic (exact) mass is 690 g/mol. The molecule has 0 unspecified atom stereocenters. The third-order valence-electron chi connectivity index (χ3n) is 12.9. The Labute approximate surface area is 314 Å². The second-order valence-electron chi connectivity index (χ2n) is 17.9. The lowest BCUT2D eigenvalue weighted by Crippen LogP contribution is -2.20. The SMILES string of the molecule is CCC(C)(C)c1cc(C(C)(C)CC)c2[nH]c(-c3ccc(C=Cc4ccc(-c5cc6cc(C(C)(C)CC)cc(C(C)(C)CC)c6[nH]5)cc4)cc3)cc2c1. The number of rotatable bonds is 12. The van der Waals surface area contributed by atoms with Crippen LogP contribution in [0.25, 0.3) is 56.5 Å². The van der Waals surface area contributed by atoms with Crippen LogP contribution in [0.4, 0.5) is 0 Å². The zero-order valence-corrected chi connectivity index (χ0v) is 34.1. The zero-order chi connectivity index (χ0) is 37.6. The zero-order valence-electron chi connectivity index (χ0n) is 34.1. The van der Waals surface area contributed by atoms with E-state index < -0.39 is 0 Å². The van der Waals surface area contributed by atoms with Crippen LogP contribution in [-0.2, 0) is 21.7 Å². The Morgan fingerprint density at radius 2 is 0.750 bits per heavy atom. The van der Waals surface area contributed by atoms with Crippen LogP contribution in [0.1, 0.15) is 142 Å². The third-order valence-corrected chi connectivity index (χ3v) is 12.9. The van der Waals surface area contributed by atoms with Gasteiger partial charge in [0, 0.05) is 33.2 Å². The van der Waals surface area contributed by atoms with Gasteiger partial charge in [-0.3, -0.25) is 0 Å². The lowest BCUT2D eigenvalue weighted by molar-refractivity contribution is 0.491. The molecule has 0 bridgehead atoms. The van der Waals surface area contributed by atoms with Crippen molar-refractivity contribution in [2.75, 3.05) is 0 Å². The highest BCUT2D eigenvalue weighted by Crippen LogP contribution is 2.41. The maximum absolute atomic E-state index is 3.83. The molecular formula is C50H62N2. The largest absolute Gasteiger partial charge is 0.354 e. The molecule has 2 heterocycles. The van der Waals surface area contributed by atoms with Gasteiger partial charge in [0.1, 0.15) is 0 Å². The van der Waals surface area contributed by atoms with E-state index in [1.165, 1.54) is 77.7 Å². The van der Waals surface area contributed by atoms with Crippen LogP contribution in [-0.4, -0.2) is 9.97 Å². The van der Waals surface area contributed by atoms with Gasteiger partial charge in [0.05, 0.1) is 0 Å². The van der Waals surface area contributed by atoms with E-state index in [1.54, 1.807) is 0 Å². The quantitative estimate of drug-likeness (QED) is 0.120. The molecule has 0 atom stereocenters. The lowest BCUT2D eigenvalue weighted by Gasteiger charge is -2.29. The maximum Gasteiger partial charge on any atom is 0.0497 e. The van der Waals surface area contributed by atoms with Crippen LogP contribution < -0.4 is 0 Å². The Balaban J connectivity index is 1.24. The van der Waals surface area contributed by atoms with Crippen molar-refractivity contribution in [3.8, 4) is 22.5 Å². The second-order valence-corrected chi connectivity index (χ2v) is 17.9. The molecule has 0 aliphatic carbocycles. The van der Waals surface area contributed by atoms with E-state index in [1.807, 2.05) is 0 Å². The summed E-state index contributed by atoms with van der Waals surface area (Å²) in [6.45, 7) is 28.1. The second kappa shape index (κ2) is 13.9. The highest BCUT2D eigenvalue weighted by molar-refractivity contribution is 5.91. The molecule has 0 aliphatic heterocycles. The smallest absolute Gasteiger partial charge is 0.0497 e. The minimum absolute atomic E-state index is 0.0910. The van der Waals surface area contributed by atoms with E-state index in [0.29, 0.717) is 0 Å². The normalized spacial score (nSPS) is 13.2. The van der Waals surface area contributed by atoms with E-state index in [9.17, 15) is 0 Å². The molecule has 0 amide bonds. The Kier molecular flexibility index (Phi) is 10.0. The van der Waals surface area contributed by atoms with Gasteiger partial charge in [0.15, 0.2) is 0 Å². The summed E-state index contributed by atoms with van der Waals surface area (Å²) in [7, 11) is 0. The maximum atomic E-state index is 3.83. The Morgan fingerprint density at radius 3 is 1.06 bits per heavy atom. The minimum atomic E-state index is 0.0910. The van der Waals surface area contributed by atoms with Crippen molar-refractivity contribution < 1.29 is 0 Å². The first-order valence-electron chi connectivity index (χ1n) is 19.8. The van der Waals surface area contributed by atoms with Crippen molar-refractivity contribution in [2.45, 2.75) is 130 Å². The fourth-order valence-electron chi connectivity index (χ4n) is 7.18. The molecule has 2 N–H and O–H groups in total. The predicted molar refractivity (Wildman–Crippen MR) is 230 cm³/mol. The molecule has 0 saturated carbocycles. The molecule has 2 heteroatoms. The van der Waals surface area contributed by atoms with Crippen LogP contribution in [0.3, 0.4) is 0 Å². The van der Waals surface area contributed by atoms with Crippen LogP contribution in [0.2, 0.25) is 0 Å². The molecule has 2 aromatic heterocycles. The van der Waals surface area contributed by atoms with Crippen LogP contribution in [0.15, 0.2) is 84.9 Å². The summed E-state index contributed by atoms with van der Waals surface area (Å²) in [4.78, 5) is 7.65. The van der Waals surface area contributed by atoms with Gasteiger partial charge in [-0.15, -0.1) is 0 Å². The van der Waals surface area contributed by atoms with Crippen LogP contribution >= 0.6 is 0 Å². The van der Waals surface area contributed by atoms with E-state index in [0.717, 1.165) is 25.7 Å². The summed E-state index contributed by atoms with van der Waals surface area (Å²) in [6.07, 6.45) is 8.84. The van der Waals surface area contributed by atoms with Crippen molar-refractivity contribution in [3.05, 3.63) is 118 Å². The molecule has 6 aromatic rings. The van der Waals surface area contributed by atoms with E-state index >= 15 is 0 Å². The number of nitrogens with one attached hydrogen (secondary N) is 2. The molecule has 0 saturated heterocycles. The van der Waals surface area contributed by atoms with Gasteiger partial charge in [-0.25, -0.2) is 0 Å². The molecule has 52 heavy (non-hydrogen) atoms. The number of hydrogen-bond acceptors (Lipinski definition) is 0. The van der Waals surface area contributed by atoms with E-state index in [2.05, 4.69) is 190 Å².